The van der Waals surface area contributed by atoms with Crippen LogP contribution in [0.1, 0.15) is 57.4 Å². The number of carbonyl (C=O) groups is 2. The molecular weight excluding hydrogens is 314 g/mol. The molecule has 0 aromatic heterocycles. The summed E-state index contributed by atoms with van der Waals surface area (Å²) >= 11 is 0. The Hall–Kier alpha value is -1.98. The second-order valence-corrected chi connectivity index (χ2v) is 5.99. The number of nitrogens with two attached hydrogens (primary N) is 1. The lowest BCUT2D eigenvalue weighted by atomic mass is 10.0. The van der Waals surface area contributed by atoms with E-state index in [-0.39, 0.29) is 12.0 Å². The molecule has 0 unspecified atom stereocenters. The van der Waals surface area contributed by atoms with Crippen molar-refractivity contribution in [3.63, 3.8) is 0 Å². The molecule has 0 radical (unpaired) electrons. The third-order valence-corrected chi connectivity index (χ3v) is 3.89. The van der Waals surface area contributed by atoms with E-state index >= 15 is 0 Å². The Morgan fingerprint density at radius 2 is 1.79 bits per heavy atom. The monoisotopic (exact) mass is 340 g/mol. The highest BCUT2D eigenvalue weighted by molar-refractivity contribution is 5.87. The first kappa shape index (κ1) is 20.1. The van der Waals surface area contributed by atoms with Gasteiger partial charge in [-0.2, -0.15) is 0 Å². The third-order valence-electron chi connectivity index (χ3n) is 3.89. The zero-order valence-corrected chi connectivity index (χ0v) is 14.1. The molecule has 1 aromatic carbocycles. The highest BCUT2D eigenvalue weighted by Gasteiger charge is 2.18. The van der Waals surface area contributed by atoms with Crippen molar-refractivity contribution in [2.75, 3.05) is 0 Å². The van der Waals surface area contributed by atoms with E-state index in [0.717, 1.165) is 37.8 Å². The molecule has 0 aliphatic rings. The molecule has 1 rings (SSSR count). The van der Waals surface area contributed by atoms with Crippen molar-refractivity contribution in [2.45, 2.75) is 64.3 Å². The smallest absolute Gasteiger partial charge is 0.239 e. The van der Waals surface area contributed by atoms with Crippen LogP contribution >= 0.6 is 0 Å². The van der Waals surface area contributed by atoms with E-state index in [1.165, 1.54) is 18.9 Å². The molecule has 1 atom stereocenters. The fourth-order valence-electron chi connectivity index (χ4n) is 2.50. The number of hydrogen-bond acceptors (Lipinski definition) is 2. The van der Waals surface area contributed by atoms with Crippen LogP contribution < -0.4 is 11.1 Å². The summed E-state index contributed by atoms with van der Waals surface area (Å²) in [6, 6.07) is 2.28. The van der Waals surface area contributed by atoms with Crippen molar-refractivity contribution in [1.29, 1.82) is 0 Å². The lowest BCUT2D eigenvalue weighted by Crippen LogP contribution is -2.45. The number of carbonyl (C=O) groups excluding carboxylic acids is 2. The van der Waals surface area contributed by atoms with Gasteiger partial charge in [-0.3, -0.25) is 9.59 Å². The lowest BCUT2D eigenvalue weighted by Gasteiger charge is -2.15. The summed E-state index contributed by atoms with van der Waals surface area (Å²) in [6.45, 7) is 2.14. The maximum absolute atomic E-state index is 13.5. The number of benzene rings is 1. The van der Waals surface area contributed by atoms with E-state index in [1.54, 1.807) is 0 Å². The summed E-state index contributed by atoms with van der Waals surface area (Å²) in [5.74, 6) is -2.58. The van der Waals surface area contributed by atoms with Crippen molar-refractivity contribution in [2.24, 2.45) is 5.73 Å². The molecule has 3 N–H and O–H groups in total. The summed E-state index contributed by atoms with van der Waals surface area (Å²) in [6.07, 6.45) is 6.60. The first-order valence-electron chi connectivity index (χ1n) is 8.46. The number of nitrogens with one attached hydrogen (secondary N) is 1. The fraction of sp³-hybridized carbons (Fsp3) is 0.556. The third kappa shape index (κ3) is 7.53. The minimum Gasteiger partial charge on any atom is -0.368 e. The number of unbranched alkanes of at least 4 members (excludes halogenated alkanes) is 5. The normalized spacial score (nSPS) is 12.0. The largest absolute Gasteiger partial charge is 0.368 e. The number of hydrogen-bond donors (Lipinski definition) is 2. The van der Waals surface area contributed by atoms with Crippen molar-refractivity contribution < 1.29 is 18.4 Å². The van der Waals surface area contributed by atoms with Gasteiger partial charge < -0.3 is 11.1 Å². The Morgan fingerprint density at radius 1 is 1.12 bits per heavy atom. The van der Waals surface area contributed by atoms with Crippen LogP contribution in [0.5, 0.6) is 0 Å². The first-order valence-corrected chi connectivity index (χ1v) is 8.46. The molecule has 0 fully saturated rings. The Labute approximate surface area is 141 Å². The van der Waals surface area contributed by atoms with Gasteiger partial charge in [0.2, 0.25) is 11.8 Å². The molecule has 134 valence electrons. The lowest BCUT2D eigenvalue weighted by molar-refractivity contribution is -0.127. The Balaban J connectivity index is 2.43. The molecule has 0 saturated carbocycles. The predicted octanol–water partition coefficient (Wildman–Crippen LogP) is 3.23. The Morgan fingerprint density at radius 3 is 2.42 bits per heavy atom. The van der Waals surface area contributed by atoms with Crippen LogP contribution in [-0.2, 0) is 16.0 Å². The SMILES string of the molecule is CCCCCCCC[C@@H](NC(=O)Cc1ccc(F)cc1F)C(N)=O. The van der Waals surface area contributed by atoms with Gasteiger partial charge in [-0.15, -0.1) is 0 Å². The van der Waals surface area contributed by atoms with Gasteiger partial charge in [0.15, 0.2) is 0 Å². The molecule has 0 spiro atoms. The Bertz CT molecular complexity index is 550. The summed E-state index contributed by atoms with van der Waals surface area (Å²) in [5, 5.41) is 2.53. The topological polar surface area (TPSA) is 72.2 Å². The fourth-order valence-corrected chi connectivity index (χ4v) is 2.50. The summed E-state index contributed by atoms with van der Waals surface area (Å²) in [5.41, 5.74) is 5.39. The average Bonchev–Trinajstić information content (AvgIpc) is 2.52. The Kier molecular flexibility index (Phi) is 8.97. The van der Waals surface area contributed by atoms with Crippen LogP contribution in [0.25, 0.3) is 0 Å². The predicted molar refractivity (Wildman–Crippen MR) is 89.2 cm³/mol. The van der Waals surface area contributed by atoms with Gasteiger partial charge in [0.25, 0.3) is 0 Å². The highest BCUT2D eigenvalue weighted by atomic mass is 19.1. The van der Waals surface area contributed by atoms with Crippen molar-refractivity contribution in [1.82, 2.24) is 5.32 Å². The van der Waals surface area contributed by atoms with Gasteiger partial charge in [0.1, 0.15) is 17.7 Å². The van der Waals surface area contributed by atoms with E-state index in [2.05, 4.69) is 12.2 Å². The molecule has 0 bridgehead atoms. The van der Waals surface area contributed by atoms with E-state index < -0.39 is 29.5 Å². The molecule has 0 aliphatic carbocycles. The molecule has 0 saturated heterocycles. The molecule has 4 nitrogen and oxygen atoms in total. The van der Waals surface area contributed by atoms with Crippen LogP contribution in [-0.4, -0.2) is 17.9 Å². The van der Waals surface area contributed by atoms with Crippen LogP contribution in [0.2, 0.25) is 0 Å². The van der Waals surface area contributed by atoms with E-state index in [9.17, 15) is 18.4 Å². The van der Waals surface area contributed by atoms with Gasteiger partial charge in [-0.05, 0) is 18.1 Å². The number of primary amides is 1. The summed E-state index contributed by atoms with van der Waals surface area (Å²) in [7, 11) is 0. The quantitative estimate of drug-likeness (QED) is 0.607. The van der Waals surface area contributed by atoms with Gasteiger partial charge in [-0.25, -0.2) is 8.78 Å². The molecular formula is C18H26F2N2O2. The highest BCUT2D eigenvalue weighted by Crippen LogP contribution is 2.11. The van der Waals surface area contributed by atoms with E-state index in [4.69, 9.17) is 5.73 Å². The second-order valence-electron chi connectivity index (χ2n) is 5.99. The van der Waals surface area contributed by atoms with E-state index in [0.29, 0.717) is 6.42 Å². The molecule has 0 heterocycles. The maximum atomic E-state index is 13.5. The van der Waals surface area contributed by atoms with Gasteiger partial charge in [0, 0.05) is 6.07 Å². The van der Waals surface area contributed by atoms with Crippen LogP contribution in [0.3, 0.4) is 0 Å². The molecule has 0 aliphatic heterocycles. The average molecular weight is 340 g/mol. The minimum atomic E-state index is -0.781. The summed E-state index contributed by atoms with van der Waals surface area (Å²) in [4.78, 5) is 23.4. The number of rotatable bonds is 11. The van der Waals surface area contributed by atoms with Gasteiger partial charge in [0.05, 0.1) is 6.42 Å². The standard InChI is InChI=1S/C18H26F2N2O2/c1-2-3-4-5-6-7-8-16(18(21)24)22-17(23)11-13-9-10-14(19)12-15(13)20/h9-10,12,16H,2-8,11H2,1H3,(H2,21,24)(H,22,23)/t16-/m1/s1. The zero-order chi connectivity index (χ0) is 17.9. The number of amides is 2. The zero-order valence-electron chi connectivity index (χ0n) is 14.1. The van der Waals surface area contributed by atoms with Crippen molar-refractivity contribution in [3.8, 4) is 0 Å². The van der Waals surface area contributed by atoms with Crippen LogP contribution in [0.4, 0.5) is 8.78 Å². The van der Waals surface area contributed by atoms with E-state index in [1.807, 2.05) is 0 Å². The van der Waals surface area contributed by atoms with Crippen LogP contribution in [0.15, 0.2) is 18.2 Å². The molecule has 6 heteroatoms. The molecule has 24 heavy (non-hydrogen) atoms. The minimum absolute atomic E-state index is 0.0803. The second kappa shape index (κ2) is 10.7. The molecule has 1 aromatic rings. The summed E-state index contributed by atoms with van der Waals surface area (Å²) < 4.78 is 26.4. The van der Waals surface area contributed by atoms with Crippen molar-refractivity contribution >= 4 is 11.8 Å². The van der Waals surface area contributed by atoms with Crippen LogP contribution in [0, 0.1) is 11.6 Å². The van der Waals surface area contributed by atoms with Gasteiger partial charge in [-0.1, -0.05) is 51.5 Å². The van der Waals surface area contributed by atoms with Crippen molar-refractivity contribution in [3.05, 3.63) is 35.4 Å². The van der Waals surface area contributed by atoms with Gasteiger partial charge >= 0.3 is 0 Å². The maximum Gasteiger partial charge on any atom is 0.239 e. The first-order chi connectivity index (χ1) is 11.4. The molecule has 2 amide bonds. The number of halogens is 2.